The van der Waals surface area contributed by atoms with Gasteiger partial charge in [0.2, 0.25) is 0 Å². The molecule has 0 atom stereocenters. The molecule has 29 heavy (non-hydrogen) atoms. The quantitative estimate of drug-likeness (QED) is 0.385. The number of anilines is 2. The lowest BCUT2D eigenvalue weighted by Gasteiger charge is -2.23. The second-order valence-corrected chi connectivity index (χ2v) is 6.34. The fourth-order valence-corrected chi connectivity index (χ4v) is 3.15. The topological polar surface area (TPSA) is 141 Å². The summed E-state index contributed by atoms with van der Waals surface area (Å²) in [4.78, 5) is 37.1. The van der Waals surface area contributed by atoms with Gasteiger partial charge in [-0.25, -0.2) is 9.59 Å². The highest BCUT2D eigenvalue weighted by molar-refractivity contribution is 6.14. The number of carbonyl (C=O) groups excluding carboxylic acids is 1. The number of aromatic hydroxyl groups is 1. The van der Waals surface area contributed by atoms with Crippen molar-refractivity contribution in [2.45, 2.75) is 6.92 Å². The lowest BCUT2D eigenvalue weighted by Crippen LogP contribution is -2.31. The third kappa shape index (κ3) is 3.55. The number of phenolic OH excluding ortho intramolecular Hbond substituents is 1. The van der Waals surface area contributed by atoms with Crippen molar-refractivity contribution in [1.29, 1.82) is 0 Å². The summed E-state index contributed by atoms with van der Waals surface area (Å²) in [5.74, 6) is -3.54. The van der Waals surface area contributed by atoms with Gasteiger partial charge < -0.3 is 26.0 Å². The number of rotatable bonds is 5. The van der Waals surface area contributed by atoms with Crippen molar-refractivity contribution in [3.63, 3.8) is 0 Å². The molecular weight excluding hydrogens is 376 g/mol. The summed E-state index contributed by atoms with van der Waals surface area (Å²) in [6, 6.07) is 11.6. The third-order valence-corrected chi connectivity index (χ3v) is 4.56. The van der Waals surface area contributed by atoms with Gasteiger partial charge in [0.1, 0.15) is 5.75 Å². The standard InChI is InChI=1S/C21H18N2O6/c1-2-23(13-8-11(20(26)27)7-12(9-13)21(28)29)19(25)16-10-17(22)14-5-3-4-6-15(14)18(16)24/h3-10,24H,2,22H2,1H3,(H,26,27)(H,28,29). The van der Waals surface area contributed by atoms with E-state index in [2.05, 4.69) is 0 Å². The molecule has 1 amide bonds. The highest BCUT2D eigenvalue weighted by Gasteiger charge is 2.24. The zero-order valence-corrected chi connectivity index (χ0v) is 15.4. The summed E-state index contributed by atoms with van der Waals surface area (Å²) in [5.41, 5.74) is 5.80. The number of amides is 1. The van der Waals surface area contributed by atoms with Crippen LogP contribution in [-0.4, -0.2) is 39.7 Å². The molecule has 0 aromatic heterocycles. The van der Waals surface area contributed by atoms with E-state index in [0.717, 1.165) is 6.07 Å². The number of carboxylic acid groups (broad SMARTS) is 2. The Morgan fingerprint density at radius 3 is 2.00 bits per heavy atom. The molecule has 3 rings (SSSR count). The van der Waals surface area contributed by atoms with Gasteiger partial charge >= 0.3 is 11.9 Å². The largest absolute Gasteiger partial charge is 0.506 e. The molecule has 0 fully saturated rings. The van der Waals surface area contributed by atoms with Gasteiger partial charge in [-0.15, -0.1) is 0 Å². The van der Waals surface area contributed by atoms with E-state index in [1.807, 2.05) is 0 Å². The van der Waals surface area contributed by atoms with Crippen LogP contribution < -0.4 is 10.6 Å². The summed E-state index contributed by atoms with van der Waals surface area (Å²) < 4.78 is 0. The summed E-state index contributed by atoms with van der Waals surface area (Å²) >= 11 is 0. The first-order chi connectivity index (χ1) is 13.7. The Morgan fingerprint density at radius 2 is 1.48 bits per heavy atom. The molecule has 8 heteroatoms. The number of nitrogens with zero attached hydrogens (tertiary/aromatic N) is 1. The molecule has 3 aromatic rings. The average molecular weight is 394 g/mol. The van der Waals surface area contributed by atoms with Crippen LogP contribution in [0, 0.1) is 0 Å². The minimum absolute atomic E-state index is 0.0688. The van der Waals surface area contributed by atoms with Crippen LogP contribution in [0.15, 0.2) is 48.5 Å². The van der Waals surface area contributed by atoms with Gasteiger partial charge in [-0.3, -0.25) is 4.79 Å². The van der Waals surface area contributed by atoms with E-state index >= 15 is 0 Å². The number of carbonyl (C=O) groups is 3. The van der Waals surface area contributed by atoms with Crippen molar-refractivity contribution in [1.82, 2.24) is 0 Å². The number of carboxylic acids is 2. The molecule has 0 radical (unpaired) electrons. The number of hydrogen-bond donors (Lipinski definition) is 4. The Balaban J connectivity index is 2.16. The first-order valence-electron chi connectivity index (χ1n) is 8.68. The number of aromatic carboxylic acids is 2. The third-order valence-electron chi connectivity index (χ3n) is 4.56. The van der Waals surface area contributed by atoms with Crippen LogP contribution in [0.2, 0.25) is 0 Å². The SMILES string of the molecule is CCN(C(=O)c1cc(N)c2ccccc2c1O)c1cc(C(=O)O)cc(C(=O)O)c1. The molecule has 0 bridgehead atoms. The molecule has 148 valence electrons. The maximum absolute atomic E-state index is 13.2. The maximum atomic E-state index is 13.2. The van der Waals surface area contributed by atoms with Crippen LogP contribution in [0.25, 0.3) is 10.8 Å². The number of fused-ring (bicyclic) bond motifs is 1. The number of nitrogens with two attached hydrogens (primary N) is 1. The van der Waals surface area contributed by atoms with Crippen LogP contribution in [0.4, 0.5) is 11.4 Å². The Kier molecular flexibility index (Phi) is 5.10. The van der Waals surface area contributed by atoms with Crippen molar-refractivity contribution < 1.29 is 29.7 Å². The van der Waals surface area contributed by atoms with Crippen molar-refractivity contribution in [3.8, 4) is 5.75 Å². The van der Waals surface area contributed by atoms with Crippen LogP contribution in [0.1, 0.15) is 38.0 Å². The van der Waals surface area contributed by atoms with Gasteiger partial charge in [0, 0.05) is 28.7 Å². The fraction of sp³-hybridized carbons (Fsp3) is 0.0952. The van der Waals surface area contributed by atoms with Crippen molar-refractivity contribution >= 4 is 40.0 Å². The number of hydrogen-bond acceptors (Lipinski definition) is 5. The first-order valence-corrected chi connectivity index (χ1v) is 8.68. The van der Waals surface area contributed by atoms with Crippen molar-refractivity contribution in [2.75, 3.05) is 17.2 Å². The molecule has 0 aliphatic heterocycles. The minimum Gasteiger partial charge on any atom is -0.506 e. The normalized spacial score (nSPS) is 10.7. The number of benzene rings is 3. The van der Waals surface area contributed by atoms with Gasteiger partial charge in [0.05, 0.1) is 16.7 Å². The van der Waals surface area contributed by atoms with Crippen LogP contribution in [-0.2, 0) is 0 Å². The molecule has 5 N–H and O–H groups in total. The molecule has 0 aliphatic carbocycles. The molecule has 3 aromatic carbocycles. The van der Waals surface area contributed by atoms with E-state index in [0.29, 0.717) is 16.5 Å². The smallest absolute Gasteiger partial charge is 0.335 e. The molecular formula is C21H18N2O6. The Bertz CT molecular complexity index is 1120. The monoisotopic (exact) mass is 394 g/mol. The second kappa shape index (κ2) is 7.51. The van der Waals surface area contributed by atoms with Gasteiger partial charge in [-0.1, -0.05) is 24.3 Å². The Hall–Kier alpha value is -4.07. The Morgan fingerprint density at radius 1 is 0.931 bits per heavy atom. The summed E-state index contributed by atoms with van der Waals surface area (Å²) in [7, 11) is 0. The van der Waals surface area contributed by atoms with E-state index in [1.54, 1.807) is 31.2 Å². The van der Waals surface area contributed by atoms with Crippen molar-refractivity contribution in [2.24, 2.45) is 0 Å². The van der Waals surface area contributed by atoms with Crippen LogP contribution in [0.3, 0.4) is 0 Å². The van der Waals surface area contributed by atoms with Crippen LogP contribution >= 0.6 is 0 Å². The highest BCUT2D eigenvalue weighted by Crippen LogP contribution is 2.34. The van der Waals surface area contributed by atoms with Crippen LogP contribution in [0.5, 0.6) is 5.75 Å². The average Bonchev–Trinajstić information content (AvgIpc) is 2.70. The minimum atomic E-state index is -1.32. The Labute approximate surface area is 165 Å². The van der Waals surface area contributed by atoms with Gasteiger partial charge in [-0.05, 0) is 31.2 Å². The highest BCUT2D eigenvalue weighted by atomic mass is 16.4. The zero-order valence-electron chi connectivity index (χ0n) is 15.4. The van der Waals surface area contributed by atoms with Gasteiger partial charge in [0.25, 0.3) is 5.91 Å². The number of phenols is 1. The lowest BCUT2D eigenvalue weighted by atomic mass is 10.0. The summed E-state index contributed by atoms with van der Waals surface area (Å²) in [6.45, 7) is 1.75. The first kappa shape index (κ1) is 19.7. The summed E-state index contributed by atoms with van der Waals surface area (Å²) in [6.07, 6.45) is 0. The second-order valence-electron chi connectivity index (χ2n) is 6.34. The van der Waals surface area contributed by atoms with E-state index in [9.17, 15) is 29.7 Å². The molecule has 0 saturated carbocycles. The predicted octanol–water partition coefficient (Wildman–Crippen LogP) is 3.19. The fourth-order valence-electron chi connectivity index (χ4n) is 3.15. The molecule has 8 nitrogen and oxygen atoms in total. The van der Waals surface area contributed by atoms with E-state index < -0.39 is 17.8 Å². The van der Waals surface area contributed by atoms with Gasteiger partial charge in [0.15, 0.2) is 0 Å². The van der Waals surface area contributed by atoms with E-state index in [4.69, 9.17) is 5.73 Å². The summed E-state index contributed by atoms with van der Waals surface area (Å²) in [5, 5.41) is 30.2. The maximum Gasteiger partial charge on any atom is 0.335 e. The van der Waals surface area contributed by atoms with E-state index in [1.165, 1.54) is 23.1 Å². The molecule has 0 saturated heterocycles. The lowest BCUT2D eigenvalue weighted by molar-refractivity contribution is 0.0696. The molecule has 0 unspecified atom stereocenters. The number of nitrogen functional groups attached to an aromatic ring is 1. The molecule has 0 aliphatic rings. The van der Waals surface area contributed by atoms with Gasteiger partial charge in [-0.2, -0.15) is 0 Å². The predicted molar refractivity (Wildman–Crippen MR) is 108 cm³/mol. The van der Waals surface area contributed by atoms with Crippen molar-refractivity contribution in [3.05, 3.63) is 65.2 Å². The molecule has 0 heterocycles. The van der Waals surface area contributed by atoms with E-state index in [-0.39, 0.29) is 34.7 Å². The zero-order chi connectivity index (χ0) is 21.3. The molecule has 0 spiro atoms.